The molecule has 0 aliphatic heterocycles. The lowest BCUT2D eigenvalue weighted by atomic mass is 10.2. The summed E-state index contributed by atoms with van der Waals surface area (Å²) in [5, 5.41) is 23.0. The summed E-state index contributed by atoms with van der Waals surface area (Å²) < 4.78 is 3.88. The molecule has 4 rings (SSSR count). The van der Waals surface area contributed by atoms with Gasteiger partial charge >= 0.3 is 0 Å². The maximum absolute atomic E-state index is 4.75. The van der Waals surface area contributed by atoms with E-state index in [1.54, 1.807) is 22.7 Å². The predicted octanol–water partition coefficient (Wildman–Crippen LogP) is 3.98. The molecule has 0 unspecified atom stereocenters. The lowest BCUT2D eigenvalue weighted by Gasteiger charge is -2.07. The van der Waals surface area contributed by atoms with E-state index >= 15 is 0 Å². The van der Waals surface area contributed by atoms with Crippen molar-refractivity contribution in [2.45, 2.75) is 33.7 Å². The van der Waals surface area contributed by atoms with Crippen molar-refractivity contribution >= 4 is 27.6 Å². The second-order valence-electron chi connectivity index (χ2n) is 5.72. The van der Waals surface area contributed by atoms with Crippen LogP contribution in [0.3, 0.4) is 0 Å². The molecule has 0 bridgehead atoms. The van der Waals surface area contributed by atoms with E-state index in [1.165, 1.54) is 0 Å². The minimum atomic E-state index is 0.328. The third-order valence-corrected chi connectivity index (χ3v) is 5.40. The Kier molecular flexibility index (Phi) is 3.31. The number of aryl methyl sites for hydroxylation is 1. The molecule has 0 spiro atoms. The van der Waals surface area contributed by atoms with E-state index in [0.717, 1.165) is 38.3 Å². The van der Waals surface area contributed by atoms with Crippen LogP contribution in [0.2, 0.25) is 0 Å². The van der Waals surface area contributed by atoms with Gasteiger partial charge in [0, 0.05) is 22.7 Å². The Labute approximate surface area is 141 Å². The number of fused-ring (bicyclic) bond motifs is 1. The van der Waals surface area contributed by atoms with E-state index in [0.29, 0.717) is 6.04 Å². The summed E-state index contributed by atoms with van der Waals surface area (Å²) in [5.41, 5.74) is 4.29. The Morgan fingerprint density at radius 1 is 1.13 bits per heavy atom. The molecule has 4 heterocycles. The number of rotatable bonds is 3. The van der Waals surface area contributed by atoms with Crippen molar-refractivity contribution < 1.29 is 0 Å². The normalized spacial score (nSPS) is 11.9. The fourth-order valence-corrected chi connectivity index (χ4v) is 4.39. The molecule has 0 aliphatic rings. The van der Waals surface area contributed by atoms with Gasteiger partial charge in [-0.2, -0.15) is 26.0 Å². The van der Waals surface area contributed by atoms with Crippen molar-refractivity contribution in [1.29, 1.82) is 0 Å². The third kappa shape index (κ3) is 2.21. The van der Waals surface area contributed by atoms with Crippen molar-refractivity contribution in [2.24, 2.45) is 0 Å². The van der Waals surface area contributed by atoms with Crippen LogP contribution in [0.15, 0.2) is 16.8 Å². The van der Waals surface area contributed by atoms with Crippen molar-refractivity contribution in [3.8, 4) is 22.0 Å². The highest BCUT2D eigenvalue weighted by Gasteiger charge is 2.21. The topological polar surface area (TPSA) is 60.9 Å². The molecule has 0 N–H and O–H groups in total. The molecule has 0 radical (unpaired) electrons. The second-order valence-corrected chi connectivity index (χ2v) is 7.46. The molecule has 0 aliphatic carbocycles. The smallest absolute Gasteiger partial charge is 0.235 e. The first-order valence-corrected chi connectivity index (χ1v) is 9.13. The third-order valence-electron chi connectivity index (χ3n) is 3.80. The molecule has 0 aromatic carbocycles. The highest BCUT2D eigenvalue weighted by Crippen LogP contribution is 2.33. The average molecular weight is 344 g/mol. The van der Waals surface area contributed by atoms with E-state index in [1.807, 2.05) is 27.6 Å². The van der Waals surface area contributed by atoms with Gasteiger partial charge in [0.2, 0.25) is 4.96 Å². The molecule has 0 saturated heterocycles. The lowest BCUT2D eigenvalue weighted by Crippen LogP contribution is -2.04. The fraction of sp³-hybridized carbons (Fsp3) is 0.333. The molecule has 0 amide bonds. The van der Waals surface area contributed by atoms with Crippen LogP contribution < -0.4 is 0 Å². The van der Waals surface area contributed by atoms with Crippen LogP contribution in [0.1, 0.15) is 31.3 Å². The standard InChI is InChI=1S/C15H16N6S2/c1-8(2)20-10(4)12(9(3)18-20)14-19-21-13(11-5-6-22-7-11)16-17-15(21)23-14/h5-8H,1-4H3. The average Bonchev–Trinajstić information content (AvgIpc) is 3.21. The molecule has 0 saturated carbocycles. The number of hydrogen-bond acceptors (Lipinski definition) is 6. The van der Waals surface area contributed by atoms with E-state index in [2.05, 4.69) is 41.4 Å². The van der Waals surface area contributed by atoms with Crippen LogP contribution in [-0.2, 0) is 0 Å². The van der Waals surface area contributed by atoms with Gasteiger partial charge < -0.3 is 0 Å². The zero-order valence-corrected chi connectivity index (χ0v) is 14.9. The van der Waals surface area contributed by atoms with Crippen LogP contribution >= 0.6 is 22.7 Å². The summed E-state index contributed by atoms with van der Waals surface area (Å²) in [6, 6.07) is 2.36. The van der Waals surface area contributed by atoms with Crippen molar-refractivity contribution in [2.75, 3.05) is 0 Å². The molecule has 0 fully saturated rings. The van der Waals surface area contributed by atoms with Gasteiger partial charge in [0.25, 0.3) is 0 Å². The first-order chi connectivity index (χ1) is 11.1. The van der Waals surface area contributed by atoms with Crippen LogP contribution in [-0.4, -0.2) is 29.6 Å². The maximum atomic E-state index is 4.75. The molecule has 118 valence electrons. The molecule has 4 aromatic rings. The summed E-state index contributed by atoms with van der Waals surface area (Å²) in [6.07, 6.45) is 0. The van der Waals surface area contributed by atoms with Gasteiger partial charge in [-0.05, 0) is 39.1 Å². The summed E-state index contributed by atoms with van der Waals surface area (Å²) >= 11 is 3.19. The zero-order chi connectivity index (χ0) is 16.1. The number of aromatic nitrogens is 6. The molecule has 23 heavy (non-hydrogen) atoms. The Morgan fingerprint density at radius 2 is 1.96 bits per heavy atom. The number of nitrogens with zero attached hydrogens (tertiary/aromatic N) is 6. The van der Waals surface area contributed by atoms with Crippen molar-refractivity contribution in [3.63, 3.8) is 0 Å². The van der Waals surface area contributed by atoms with E-state index in [9.17, 15) is 0 Å². The van der Waals surface area contributed by atoms with Gasteiger partial charge in [0.05, 0.1) is 11.3 Å². The molecular weight excluding hydrogens is 328 g/mol. The van der Waals surface area contributed by atoms with Gasteiger partial charge in [-0.3, -0.25) is 4.68 Å². The molecule has 8 heteroatoms. The van der Waals surface area contributed by atoms with Crippen molar-refractivity contribution in [3.05, 3.63) is 28.2 Å². The molecule has 0 atom stereocenters. The SMILES string of the molecule is Cc1nn(C(C)C)c(C)c1-c1nn2c(-c3ccsc3)nnc2s1. The molecular formula is C15H16N6S2. The minimum absolute atomic E-state index is 0.328. The van der Waals surface area contributed by atoms with Gasteiger partial charge in [0.1, 0.15) is 0 Å². The summed E-state index contributed by atoms with van der Waals surface area (Å²) in [5.74, 6) is 0.787. The Morgan fingerprint density at radius 3 is 2.61 bits per heavy atom. The minimum Gasteiger partial charge on any atom is -0.266 e. The fourth-order valence-electron chi connectivity index (χ4n) is 2.76. The van der Waals surface area contributed by atoms with Gasteiger partial charge in [-0.25, -0.2) is 0 Å². The first kappa shape index (κ1) is 14.5. The zero-order valence-electron chi connectivity index (χ0n) is 13.3. The largest absolute Gasteiger partial charge is 0.266 e. The first-order valence-electron chi connectivity index (χ1n) is 7.37. The summed E-state index contributed by atoms with van der Waals surface area (Å²) in [6.45, 7) is 8.40. The van der Waals surface area contributed by atoms with Crippen LogP contribution in [0.25, 0.3) is 26.9 Å². The lowest BCUT2D eigenvalue weighted by molar-refractivity contribution is 0.516. The number of thiophene rings is 1. The quantitative estimate of drug-likeness (QED) is 0.564. The summed E-state index contributed by atoms with van der Waals surface area (Å²) in [7, 11) is 0. The van der Waals surface area contributed by atoms with Gasteiger partial charge in [-0.1, -0.05) is 11.3 Å². The predicted molar refractivity (Wildman–Crippen MR) is 93.1 cm³/mol. The van der Waals surface area contributed by atoms with Gasteiger partial charge in [0.15, 0.2) is 10.8 Å². The monoisotopic (exact) mass is 344 g/mol. The Bertz CT molecular complexity index is 974. The second kappa shape index (κ2) is 5.24. The van der Waals surface area contributed by atoms with Crippen LogP contribution in [0.5, 0.6) is 0 Å². The Hall–Kier alpha value is -2.06. The van der Waals surface area contributed by atoms with Crippen LogP contribution in [0.4, 0.5) is 0 Å². The highest BCUT2D eigenvalue weighted by atomic mass is 32.1. The maximum Gasteiger partial charge on any atom is 0.235 e. The highest BCUT2D eigenvalue weighted by molar-refractivity contribution is 7.19. The Balaban J connectivity index is 1.88. The van der Waals surface area contributed by atoms with E-state index in [-0.39, 0.29) is 0 Å². The molecule has 6 nitrogen and oxygen atoms in total. The molecule has 4 aromatic heterocycles. The van der Waals surface area contributed by atoms with E-state index in [4.69, 9.17) is 5.10 Å². The van der Waals surface area contributed by atoms with E-state index < -0.39 is 0 Å². The van der Waals surface area contributed by atoms with Crippen molar-refractivity contribution in [1.82, 2.24) is 29.6 Å². The van der Waals surface area contributed by atoms with Crippen LogP contribution in [0, 0.1) is 13.8 Å². The van der Waals surface area contributed by atoms with Gasteiger partial charge in [-0.15, -0.1) is 10.2 Å². The summed E-state index contributed by atoms with van der Waals surface area (Å²) in [4.78, 5) is 0.803. The number of hydrogen-bond donors (Lipinski definition) is 0.